The molecule has 0 aliphatic heterocycles. The summed E-state index contributed by atoms with van der Waals surface area (Å²) in [4.78, 5) is 27.1. The SMILES string of the molecule is CCCCNC(=O)[C@@H](C)N(Cc1ccc(Cl)cc1Cl)C(=O)COc1ccccc1C. The number of para-hydroxylation sites is 1. The minimum Gasteiger partial charge on any atom is -0.484 e. The lowest BCUT2D eigenvalue weighted by atomic mass is 10.1. The Kier molecular flexibility index (Phi) is 9.47. The van der Waals surface area contributed by atoms with Gasteiger partial charge in [-0.05, 0) is 49.6 Å². The van der Waals surface area contributed by atoms with Crippen molar-refractivity contribution in [2.75, 3.05) is 13.2 Å². The molecule has 0 saturated carbocycles. The second-order valence-corrected chi connectivity index (χ2v) is 7.98. The number of hydrogen-bond donors (Lipinski definition) is 1. The lowest BCUT2D eigenvalue weighted by Crippen LogP contribution is -2.49. The zero-order valence-electron chi connectivity index (χ0n) is 17.6. The average Bonchev–Trinajstić information content (AvgIpc) is 2.72. The summed E-state index contributed by atoms with van der Waals surface area (Å²) in [5, 5.41) is 3.84. The molecule has 2 rings (SSSR count). The van der Waals surface area contributed by atoms with E-state index in [1.54, 1.807) is 25.1 Å². The summed E-state index contributed by atoms with van der Waals surface area (Å²) in [5.41, 5.74) is 1.64. The third kappa shape index (κ3) is 6.92. The average molecular weight is 451 g/mol. The van der Waals surface area contributed by atoms with Crippen LogP contribution in [0, 0.1) is 6.92 Å². The molecule has 0 bridgehead atoms. The number of carbonyl (C=O) groups is 2. The molecule has 0 aliphatic rings. The Labute approximate surface area is 188 Å². The summed E-state index contributed by atoms with van der Waals surface area (Å²) in [6, 6.07) is 11.9. The summed E-state index contributed by atoms with van der Waals surface area (Å²) in [5.74, 6) is 0.121. The monoisotopic (exact) mass is 450 g/mol. The van der Waals surface area contributed by atoms with Gasteiger partial charge in [0, 0.05) is 23.1 Å². The number of nitrogens with one attached hydrogen (secondary N) is 1. The molecule has 0 saturated heterocycles. The summed E-state index contributed by atoms with van der Waals surface area (Å²) in [6.45, 7) is 6.24. The van der Waals surface area contributed by atoms with Crippen LogP contribution < -0.4 is 10.1 Å². The molecule has 30 heavy (non-hydrogen) atoms. The Hall–Kier alpha value is -2.24. The van der Waals surface area contributed by atoms with Crippen LogP contribution in [-0.2, 0) is 16.1 Å². The summed E-state index contributed by atoms with van der Waals surface area (Å²) >= 11 is 12.3. The third-order valence-electron chi connectivity index (χ3n) is 4.80. The number of ether oxygens (including phenoxy) is 1. The summed E-state index contributed by atoms with van der Waals surface area (Å²) in [6.07, 6.45) is 1.85. The maximum Gasteiger partial charge on any atom is 0.261 e. The van der Waals surface area contributed by atoms with Crippen molar-refractivity contribution in [3.8, 4) is 5.75 Å². The Morgan fingerprint density at radius 3 is 2.57 bits per heavy atom. The first-order valence-corrected chi connectivity index (χ1v) is 10.8. The van der Waals surface area contributed by atoms with Gasteiger partial charge < -0.3 is 15.0 Å². The Bertz CT molecular complexity index is 873. The van der Waals surface area contributed by atoms with Crippen LogP contribution in [0.3, 0.4) is 0 Å². The summed E-state index contributed by atoms with van der Waals surface area (Å²) < 4.78 is 5.72. The quantitative estimate of drug-likeness (QED) is 0.517. The number of benzene rings is 2. The smallest absolute Gasteiger partial charge is 0.261 e. The van der Waals surface area contributed by atoms with Crippen LogP contribution in [0.2, 0.25) is 10.0 Å². The van der Waals surface area contributed by atoms with Crippen LogP contribution in [0.5, 0.6) is 5.75 Å². The fourth-order valence-corrected chi connectivity index (χ4v) is 3.36. The van der Waals surface area contributed by atoms with Crippen LogP contribution in [0.15, 0.2) is 42.5 Å². The molecule has 0 aromatic heterocycles. The van der Waals surface area contributed by atoms with Gasteiger partial charge in [-0.15, -0.1) is 0 Å². The van der Waals surface area contributed by atoms with Gasteiger partial charge in [-0.25, -0.2) is 0 Å². The van der Waals surface area contributed by atoms with E-state index in [2.05, 4.69) is 12.2 Å². The zero-order chi connectivity index (χ0) is 22.1. The van der Waals surface area contributed by atoms with Gasteiger partial charge in [0.1, 0.15) is 11.8 Å². The number of aryl methyl sites for hydroxylation is 1. The number of amides is 2. The molecule has 162 valence electrons. The number of hydrogen-bond acceptors (Lipinski definition) is 3. The first-order valence-electron chi connectivity index (χ1n) is 10.0. The van der Waals surface area contributed by atoms with Crippen molar-refractivity contribution >= 4 is 35.0 Å². The van der Waals surface area contributed by atoms with Gasteiger partial charge in [-0.2, -0.15) is 0 Å². The lowest BCUT2D eigenvalue weighted by molar-refractivity contribution is -0.142. The molecule has 0 spiro atoms. The van der Waals surface area contributed by atoms with Gasteiger partial charge in [0.25, 0.3) is 5.91 Å². The fraction of sp³-hybridized carbons (Fsp3) is 0.391. The van der Waals surface area contributed by atoms with Crippen LogP contribution >= 0.6 is 23.2 Å². The van der Waals surface area contributed by atoms with Crippen molar-refractivity contribution in [1.82, 2.24) is 10.2 Å². The molecule has 0 fully saturated rings. The fourth-order valence-electron chi connectivity index (χ4n) is 2.89. The number of unbranched alkanes of at least 4 members (excludes halogenated alkanes) is 1. The van der Waals surface area contributed by atoms with Crippen molar-refractivity contribution in [2.45, 2.75) is 46.2 Å². The van der Waals surface area contributed by atoms with E-state index in [0.29, 0.717) is 27.9 Å². The van der Waals surface area contributed by atoms with Gasteiger partial charge in [-0.3, -0.25) is 9.59 Å². The maximum atomic E-state index is 13.0. The normalized spacial score (nSPS) is 11.6. The summed E-state index contributed by atoms with van der Waals surface area (Å²) in [7, 11) is 0. The molecule has 1 atom stereocenters. The van der Waals surface area contributed by atoms with Crippen LogP contribution in [0.25, 0.3) is 0 Å². The number of halogens is 2. The van der Waals surface area contributed by atoms with E-state index in [0.717, 1.165) is 18.4 Å². The predicted molar refractivity (Wildman–Crippen MR) is 121 cm³/mol. The van der Waals surface area contributed by atoms with E-state index in [4.69, 9.17) is 27.9 Å². The molecule has 0 radical (unpaired) electrons. The molecule has 1 N–H and O–H groups in total. The predicted octanol–water partition coefficient (Wildman–Crippen LogP) is 5.01. The Morgan fingerprint density at radius 1 is 1.17 bits per heavy atom. The van der Waals surface area contributed by atoms with Crippen LogP contribution in [0.1, 0.15) is 37.8 Å². The van der Waals surface area contributed by atoms with Gasteiger partial charge in [0.2, 0.25) is 5.91 Å². The van der Waals surface area contributed by atoms with Crippen LogP contribution in [-0.4, -0.2) is 35.9 Å². The van der Waals surface area contributed by atoms with E-state index in [-0.39, 0.29) is 25.0 Å². The van der Waals surface area contributed by atoms with E-state index < -0.39 is 6.04 Å². The van der Waals surface area contributed by atoms with E-state index in [1.807, 2.05) is 31.2 Å². The van der Waals surface area contributed by atoms with Crippen molar-refractivity contribution in [2.24, 2.45) is 0 Å². The molecule has 2 aromatic rings. The van der Waals surface area contributed by atoms with Crippen molar-refractivity contribution in [1.29, 1.82) is 0 Å². The number of nitrogens with zero attached hydrogens (tertiary/aromatic N) is 1. The molecule has 0 heterocycles. The van der Waals surface area contributed by atoms with E-state index in [1.165, 1.54) is 4.90 Å². The standard InChI is InChI=1S/C23H28Cl2N2O3/c1-4-5-12-26-23(29)17(3)27(14-18-10-11-19(24)13-20(18)25)22(28)15-30-21-9-7-6-8-16(21)2/h6-11,13,17H,4-5,12,14-15H2,1-3H3,(H,26,29)/t17-/m1/s1. The molecule has 0 aliphatic carbocycles. The van der Waals surface area contributed by atoms with E-state index >= 15 is 0 Å². The second-order valence-electron chi connectivity index (χ2n) is 7.13. The number of rotatable bonds is 10. The largest absolute Gasteiger partial charge is 0.484 e. The highest BCUT2D eigenvalue weighted by Crippen LogP contribution is 2.23. The molecule has 0 unspecified atom stereocenters. The third-order valence-corrected chi connectivity index (χ3v) is 5.38. The second kappa shape index (κ2) is 11.8. The molecular weight excluding hydrogens is 423 g/mol. The topological polar surface area (TPSA) is 58.6 Å². The number of carbonyl (C=O) groups excluding carboxylic acids is 2. The Morgan fingerprint density at radius 2 is 1.90 bits per heavy atom. The van der Waals surface area contributed by atoms with Crippen molar-refractivity contribution in [3.05, 3.63) is 63.6 Å². The Balaban J connectivity index is 2.17. The minimum atomic E-state index is -0.679. The van der Waals surface area contributed by atoms with Crippen LogP contribution in [0.4, 0.5) is 0 Å². The van der Waals surface area contributed by atoms with Crippen molar-refractivity contribution in [3.63, 3.8) is 0 Å². The minimum absolute atomic E-state index is 0.175. The van der Waals surface area contributed by atoms with Gasteiger partial charge in [-0.1, -0.05) is 60.8 Å². The molecular formula is C23H28Cl2N2O3. The molecule has 2 amide bonds. The zero-order valence-corrected chi connectivity index (χ0v) is 19.1. The first-order chi connectivity index (χ1) is 14.3. The highest BCUT2D eigenvalue weighted by atomic mass is 35.5. The van der Waals surface area contributed by atoms with Gasteiger partial charge in [0.15, 0.2) is 6.61 Å². The van der Waals surface area contributed by atoms with Crippen molar-refractivity contribution < 1.29 is 14.3 Å². The molecule has 5 nitrogen and oxygen atoms in total. The molecule has 7 heteroatoms. The lowest BCUT2D eigenvalue weighted by Gasteiger charge is -2.29. The highest BCUT2D eigenvalue weighted by Gasteiger charge is 2.27. The van der Waals surface area contributed by atoms with Gasteiger partial charge in [0.05, 0.1) is 0 Å². The highest BCUT2D eigenvalue weighted by molar-refractivity contribution is 6.35. The maximum absolute atomic E-state index is 13.0. The van der Waals surface area contributed by atoms with E-state index in [9.17, 15) is 9.59 Å². The molecule has 2 aromatic carbocycles. The van der Waals surface area contributed by atoms with Gasteiger partial charge >= 0.3 is 0 Å². The first kappa shape index (κ1) is 24.0.